The number of aromatic nitrogens is 2. The average molecular weight is 546 g/mol. The maximum Gasteiger partial charge on any atom is 0.272 e. The van der Waals surface area contributed by atoms with Gasteiger partial charge in [-0.15, -0.1) is 0 Å². The van der Waals surface area contributed by atoms with Crippen LogP contribution in [0.1, 0.15) is 66.0 Å². The topological polar surface area (TPSA) is 67.2 Å². The third kappa shape index (κ3) is 5.35. The van der Waals surface area contributed by atoms with E-state index < -0.39 is 5.54 Å². The first-order valence-electron chi connectivity index (χ1n) is 12.7. The quantitative estimate of drug-likeness (QED) is 0.251. The molecule has 2 N–H and O–H groups in total. The molecule has 5 rings (SSSR count). The molecule has 0 fully saturated rings. The van der Waals surface area contributed by atoms with Gasteiger partial charge in [0.1, 0.15) is 5.75 Å². The number of rotatable bonds is 5. The highest BCUT2D eigenvalue weighted by Crippen LogP contribution is 2.37. The van der Waals surface area contributed by atoms with Crippen LogP contribution in [0.3, 0.4) is 0 Å². The summed E-state index contributed by atoms with van der Waals surface area (Å²) in [5, 5.41) is 18.8. The molecule has 7 heteroatoms. The third-order valence-corrected chi connectivity index (χ3v) is 7.46. The molecular weight excluding hydrogens is 517 g/mol. The molecular formula is C31H29Cl2N3O2. The monoisotopic (exact) mass is 545 g/mol. The summed E-state index contributed by atoms with van der Waals surface area (Å²) < 4.78 is 1.79. The fourth-order valence-electron chi connectivity index (χ4n) is 4.94. The number of allylic oxidation sites excluding steroid dienone is 1. The second kappa shape index (κ2) is 10.7. The number of carbonyl (C=O) groups excluding carboxylic acids is 1. The number of halogens is 2. The van der Waals surface area contributed by atoms with E-state index in [1.165, 1.54) is 0 Å². The third-order valence-electron chi connectivity index (χ3n) is 6.92. The number of aromatic hydroxyl groups is 1. The second-order valence-electron chi connectivity index (χ2n) is 10.1. The molecule has 5 nitrogen and oxygen atoms in total. The van der Waals surface area contributed by atoms with Gasteiger partial charge in [-0.3, -0.25) is 4.79 Å². The lowest BCUT2D eigenvalue weighted by molar-refractivity contribution is 0.0905. The molecule has 1 aliphatic carbocycles. The standard InChI is InChI=1S/C31H29Cl2N3O2/c1-31(2,22-9-4-3-5-10-22)34-30(38)28-25-11-7-6-8-21(18-20-12-15-24(37)16-13-20)29(25)36(35-28)27-17-14-23(32)19-26(27)33/h3-5,9-10,12-19,37H,6-8,11H2,1-2H3,(H,34,38)/b21-18+. The van der Waals surface area contributed by atoms with Gasteiger partial charge in [-0.25, -0.2) is 4.68 Å². The number of benzene rings is 3. The van der Waals surface area contributed by atoms with E-state index >= 15 is 0 Å². The maximum atomic E-state index is 13.8. The number of fused-ring (bicyclic) bond motifs is 1. The number of hydrogen-bond acceptors (Lipinski definition) is 3. The Morgan fingerprint density at radius 1 is 1.00 bits per heavy atom. The lowest BCUT2D eigenvalue weighted by Crippen LogP contribution is -2.41. The zero-order valence-electron chi connectivity index (χ0n) is 21.3. The molecule has 0 saturated carbocycles. The van der Waals surface area contributed by atoms with Crippen LogP contribution in [-0.2, 0) is 12.0 Å². The molecule has 0 aliphatic heterocycles. The number of hydrogen-bond donors (Lipinski definition) is 2. The lowest BCUT2D eigenvalue weighted by Gasteiger charge is -2.26. The van der Waals surface area contributed by atoms with Crippen LogP contribution in [-0.4, -0.2) is 20.8 Å². The molecule has 0 spiro atoms. The highest BCUT2D eigenvalue weighted by molar-refractivity contribution is 6.35. The van der Waals surface area contributed by atoms with Gasteiger partial charge >= 0.3 is 0 Å². The minimum atomic E-state index is -0.595. The summed E-state index contributed by atoms with van der Waals surface area (Å²) in [6.07, 6.45) is 5.55. The zero-order chi connectivity index (χ0) is 26.9. The molecule has 0 saturated heterocycles. The first-order valence-corrected chi connectivity index (χ1v) is 13.4. The molecule has 0 unspecified atom stereocenters. The summed E-state index contributed by atoms with van der Waals surface area (Å²) in [7, 11) is 0. The van der Waals surface area contributed by atoms with Crippen LogP contribution in [0.2, 0.25) is 10.0 Å². The Kier molecular flexibility index (Phi) is 7.33. The first-order chi connectivity index (χ1) is 18.2. The van der Waals surface area contributed by atoms with E-state index in [1.54, 1.807) is 28.9 Å². The van der Waals surface area contributed by atoms with Crippen LogP contribution in [0.25, 0.3) is 17.3 Å². The van der Waals surface area contributed by atoms with Crippen molar-refractivity contribution in [1.29, 1.82) is 0 Å². The highest BCUT2D eigenvalue weighted by atomic mass is 35.5. The molecule has 1 amide bonds. The number of nitrogens with zero attached hydrogens (tertiary/aromatic N) is 2. The predicted molar refractivity (Wildman–Crippen MR) is 154 cm³/mol. The summed E-state index contributed by atoms with van der Waals surface area (Å²) in [4.78, 5) is 13.8. The highest BCUT2D eigenvalue weighted by Gasteiger charge is 2.31. The Bertz CT molecular complexity index is 1510. The Morgan fingerprint density at radius 3 is 2.42 bits per heavy atom. The second-order valence-corrected chi connectivity index (χ2v) is 10.9. The smallest absolute Gasteiger partial charge is 0.272 e. The van der Waals surface area contributed by atoms with Crippen molar-refractivity contribution in [2.75, 3.05) is 0 Å². The van der Waals surface area contributed by atoms with Crippen molar-refractivity contribution in [1.82, 2.24) is 15.1 Å². The van der Waals surface area contributed by atoms with Crippen molar-refractivity contribution in [3.8, 4) is 11.4 Å². The van der Waals surface area contributed by atoms with E-state index in [-0.39, 0.29) is 11.7 Å². The van der Waals surface area contributed by atoms with Crippen molar-refractivity contribution in [2.45, 2.75) is 45.1 Å². The Hall–Kier alpha value is -3.54. The van der Waals surface area contributed by atoms with Gasteiger partial charge in [-0.2, -0.15) is 5.10 Å². The van der Waals surface area contributed by atoms with Crippen LogP contribution < -0.4 is 5.32 Å². The number of carbonyl (C=O) groups is 1. The number of phenolic OH excluding ortho intramolecular Hbond substituents is 1. The van der Waals surface area contributed by atoms with Crippen molar-refractivity contribution < 1.29 is 9.90 Å². The van der Waals surface area contributed by atoms with Crippen LogP contribution in [0.4, 0.5) is 0 Å². The fourth-order valence-corrected chi connectivity index (χ4v) is 5.43. The number of nitrogens with one attached hydrogen (secondary N) is 1. The molecule has 0 atom stereocenters. The minimum Gasteiger partial charge on any atom is -0.508 e. The van der Waals surface area contributed by atoms with Crippen molar-refractivity contribution in [3.63, 3.8) is 0 Å². The van der Waals surface area contributed by atoms with Gasteiger partial charge in [0.2, 0.25) is 0 Å². The Labute approximate surface area is 232 Å². The molecule has 0 bridgehead atoms. The summed E-state index contributed by atoms with van der Waals surface area (Å²) >= 11 is 12.9. The van der Waals surface area contributed by atoms with Crippen molar-refractivity contribution >= 4 is 40.8 Å². The molecule has 194 valence electrons. The van der Waals surface area contributed by atoms with Gasteiger partial charge in [-0.05, 0) is 92.6 Å². The fraction of sp³-hybridized carbons (Fsp3) is 0.226. The SMILES string of the molecule is CC(C)(NC(=O)c1nn(-c2ccc(Cl)cc2Cl)c2c1CCCC/C2=C\c1ccc(O)cc1)c1ccccc1. The largest absolute Gasteiger partial charge is 0.508 e. The van der Waals surface area contributed by atoms with Gasteiger partial charge in [0.25, 0.3) is 5.91 Å². The zero-order valence-corrected chi connectivity index (χ0v) is 22.9. The summed E-state index contributed by atoms with van der Waals surface area (Å²) in [6, 6.07) is 22.3. The van der Waals surface area contributed by atoms with E-state index in [0.29, 0.717) is 21.4 Å². The Morgan fingerprint density at radius 2 is 1.71 bits per heavy atom. The molecule has 4 aromatic rings. The number of phenols is 1. The maximum absolute atomic E-state index is 13.8. The van der Waals surface area contributed by atoms with Gasteiger partial charge < -0.3 is 10.4 Å². The molecule has 1 heterocycles. The molecule has 0 radical (unpaired) electrons. The molecule has 38 heavy (non-hydrogen) atoms. The van der Waals surface area contributed by atoms with Crippen molar-refractivity contribution in [2.24, 2.45) is 0 Å². The number of amides is 1. The van der Waals surface area contributed by atoms with E-state index in [0.717, 1.165) is 53.6 Å². The molecule has 1 aromatic heterocycles. The summed E-state index contributed by atoms with van der Waals surface area (Å²) in [6.45, 7) is 3.98. The Balaban J connectivity index is 1.66. The van der Waals surface area contributed by atoms with Crippen LogP contribution in [0.15, 0.2) is 72.8 Å². The van der Waals surface area contributed by atoms with E-state index in [4.69, 9.17) is 28.3 Å². The van der Waals surface area contributed by atoms with Crippen LogP contribution in [0, 0.1) is 0 Å². The van der Waals surface area contributed by atoms with E-state index in [9.17, 15) is 9.90 Å². The van der Waals surface area contributed by atoms with E-state index in [1.807, 2.05) is 62.4 Å². The van der Waals surface area contributed by atoms with Crippen molar-refractivity contribution in [3.05, 3.63) is 111 Å². The average Bonchev–Trinajstić information content (AvgIpc) is 3.14. The predicted octanol–water partition coefficient (Wildman–Crippen LogP) is 7.82. The van der Waals surface area contributed by atoms with Gasteiger partial charge in [0.15, 0.2) is 5.69 Å². The first kappa shape index (κ1) is 26.1. The van der Waals surface area contributed by atoms with Gasteiger partial charge in [-0.1, -0.05) is 65.7 Å². The summed E-state index contributed by atoms with van der Waals surface area (Å²) in [5.41, 5.74) is 5.26. The molecule has 3 aromatic carbocycles. The van der Waals surface area contributed by atoms with Crippen LogP contribution in [0.5, 0.6) is 5.75 Å². The lowest BCUT2D eigenvalue weighted by atomic mass is 9.94. The van der Waals surface area contributed by atoms with Gasteiger partial charge in [0.05, 0.1) is 21.9 Å². The van der Waals surface area contributed by atoms with Gasteiger partial charge in [0, 0.05) is 10.6 Å². The molecule has 1 aliphatic rings. The minimum absolute atomic E-state index is 0.215. The van der Waals surface area contributed by atoms with Crippen LogP contribution >= 0.6 is 23.2 Å². The van der Waals surface area contributed by atoms with E-state index in [2.05, 4.69) is 11.4 Å². The normalized spacial score (nSPS) is 14.7. The summed E-state index contributed by atoms with van der Waals surface area (Å²) in [5.74, 6) is -0.0171.